The van der Waals surface area contributed by atoms with Crippen molar-refractivity contribution in [1.29, 1.82) is 0 Å². The number of nitrogens with zero attached hydrogens (tertiary/aromatic N) is 2. The van der Waals surface area contributed by atoms with E-state index in [1.807, 2.05) is 0 Å². The van der Waals surface area contributed by atoms with E-state index in [0.29, 0.717) is 5.56 Å². The van der Waals surface area contributed by atoms with Crippen LogP contribution in [0.3, 0.4) is 0 Å². The Hall–Kier alpha value is -1.70. The standard InChI is InChI=1S/C24H28Cl2FN3O2S/c25-19-20(29-33-22(19)26)24(32)30(18-9-5-2-6-10-18)21(15-11-13-16(27)14-12-15)23(31)28-17-7-3-1-4-8-17/h11-14,17-18,21H,1-10H2,(H,28,31)/t21-/m0/s1. The fourth-order valence-electron chi connectivity index (χ4n) is 4.98. The molecule has 0 unspecified atom stereocenters. The predicted molar refractivity (Wildman–Crippen MR) is 129 cm³/mol. The van der Waals surface area contributed by atoms with Crippen molar-refractivity contribution >= 4 is 46.5 Å². The summed E-state index contributed by atoms with van der Waals surface area (Å²) in [5.74, 6) is -1.05. The molecule has 1 heterocycles. The van der Waals surface area contributed by atoms with E-state index in [-0.39, 0.29) is 33.0 Å². The van der Waals surface area contributed by atoms with Gasteiger partial charge in [-0.2, -0.15) is 4.37 Å². The summed E-state index contributed by atoms with van der Waals surface area (Å²) in [6, 6.07) is 4.85. The smallest absolute Gasteiger partial charge is 0.276 e. The molecule has 1 aromatic carbocycles. The average Bonchev–Trinajstić information content (AvgIpc) is 3.17. The van der Waals surface area contributed by atoms with Crippen LogP contribution in [0.2, 0.25) is 9.36 Å². The van der Waals surface area contributed by atoms with E-state index in [9.17, 15) is 14.0 Å². The molecule has 2 saturated carbocycles. The van der Waals surface area contributed by atoms with E-state index in [2.05, 4.69) is 9.69 Å². The van der Waals surface area contributed by atoms with Gasteiger partial charge >= 0.3 is 0 Å². The van der Waals surface area contributed by atoms with Crippen LogP contribution in [-0.4, -0.2) is 33.2 Å². The van der Waals surface area contributed by atoms with Crippen LogP contribution in [-0.2, 0) is 4.79 Å². The zero-order chi connectivity index (χ0) is 23.4. The minimum Gasteiger partial charge on any atom is -0.351 e. The van der Waals surface area contributed by atoms with Gasteiger partial charge in [-0.15, -0.1) is 0 Å². The van der Waals surface area contributed by atoms with Crippen LogP contribution in [0.15, 0.2) is 24.3 Å². The molecule has 33 heavy (non-hydrogen) atoms. The van der Waals surface area contributed by atoms with Gasteiger partial charge < -0.3 is 10.2 Å². The fraction of sp³-hybridized carbons (Fsp3) is 0.542. The topological polar surface area (TPSA) is 62.3 Å². The third-order valence-corrected chi connectivity index (χ3v) is 8.28. The lowest BCUT2D eigenvalue weighted by Crippen LogP contribution is -2.51. The molecule has 178 valence electrons. The highest BCUT2D eigenvalue weighted by Crippen LogP contribution is 2.36. The van der Waals surface area contributed by atoms with E-state index in [4.69, 9.17) is 23.2 Å². The third kappa shape index (κ3) is 5.69. The lowest BCUT2D eigenvalue weighted by molar-refractivity contribution is -0.127. The first kappa shape index (κ1) is 24.4. The second kappa shape index (κ2) is 11.2. The summed E-state index contributed by atoms with van der Waals surface area (Å²) in [5, 5.41) is 3.28. The average molecular weight is 512 g/mol. The molecule has 4 rings (SSSR count). The van der Waals surface area contributed by atoms with Crippen molar-refractivity contribution in [1.82, 2.24) is 14.6 Å². The Morgan fingerprint density at radius 3 is 2.18 bits per heavy atom. The molecule has 0 saturated heterocycles. The lowest BCUT2D eigenvalue weighted by atomic mass is 9.90. The molecule has 2 aromatic rings. The van der Waals surface area contributed by atoms with Crippen molar-refractivity contribution in [3.63, 3.8) is 0 Å². The molecule has 2 aliphatic carbocycles. The zero-order valence-corrected chi connectivity index (χ0v) is 20.7. The number of carbonyl (C=O) groups is 2. The van der Waals surface area contributed by atoms with Gasteiger partial charge in [0.05, 0.1) is 0 Å². The third-order valence-electron chi connectivity index (χ3n) is 6.67. The van der Waals surface area contributed by atoms with Crippen molar-refractivity contribution in [2.75, 3.05) is 0 Å². The highest BCUT2D eigenvalue weighted by molar-refractivity contribution is 7.11. The van der Waals surface area contributed by atoms with Gasteiger partial charge in [0.2, 0.25) is 5.91 Å². The molecule has 0 radical (unpaired) electrons. The lowest BCUT2D eigenvalue weighted by Gasteiger charge is -2.40. The van der Waals surface area contributed by atoms with Crippen LogP contribution >= 0.6 is 34.7 Å². The Labute approximate surface area is 207 Å². The maximum Gasteiger partial charge on any atom is 0.276 e. The number of nitrogens with one attached hydrogen (secondary N) is 1. The summed E-state index contributed by atoms with van der Waals surface area (Å²) in [6.45, 7) is 0. The number of amides is 2. The number of hydrogen-bond donors (Lipinski definition) is 1. The maximum absolute atomic E-state index is 13.8. The molecule has 0 bridgehead atoms. The highest BCUT2D eigenvalue weighted by atomic mass is 35.5. The van der Waals surface area contributed by atoms with Crippen LogP contribution in [0.1, 0.15) is 86.3 Å². The van der Waals surface area contributed by atoms with Gasteiger partial charge in [0.25, 0.3) is 5.91 Å². The van der Waals surface area contributed by atoms with Gasteiger partial charge in [-0.25, -0.2) is 4.39 Å². The predicted octanol–water partition coefficient (Wildman–Crippen LogP) is 6.55. The number of rotatable bonds is 6. The number of aromatic nitrogens is 1. The maximum atomic E-state index is 13.8. The molecule has 0 spiro atoms. The van der Waals surface area contributed by atoms with Crippen molar-refractivity contribution in [3.05, 3.63) is 50.7 Å². The van der Waals surface area contributed by atoms with E-state index in [1.165, 1.54) is 18.6 Å². The highest BCUT2D eigenvalue weighted by Gasteiger charge is 2.39. The second-order valence-electron chi connectivity index (χ2n) is 8.92. The first-order valence-electron chi connectivity index (χ1n) is 11.6. The van der Waals surface area contributed by atoms with Gasteiger partial charge in [0.1, 0.15) is 21.2 Å². The quantitative estimate of drug-likeness (QED) is 0.477. The Bertz CT molecular complexity index is 973. The number of halogens is 3. The molecule has 1 aromatic heterocycles. The fourth-order valence-corrected chi connectivity index (χ4v) is 5.97. The number of carbonyl (C=O) groups excluding carboxylic acids is 2. The first-order valence-corrected chi connectivity index (χ1v) is 13.2. The van der Waals surface area contributed by atoms with E-state index < -0.39 is 17.8 Å². The summed E-state index contributed by atoms with van der Waals surface area (Å²) in [4.78, 5) is 29.2. The molecular formula is C24H28Cl2FN3O2S. The van der Waals surface area contributed by atoms with Crippen molar-refractivity contribution in [2.24, 2.45) is 0 Å². The van der Waals surface area contributed by atoms with Gasteiger partial charge in [0, 0.05) is 12.1 Å². The summed E-state index contributed by atoms with van der Waals surface area (Å²) in [5.41, 5.74) is 0.635. The van der Waals surface area contributed by atoms with E-state index in [1.54, 1.807) is 17.0 Å². The summed E-state index contributed by atoms with van der Waals surface area (Å²) in [6.07, 6.45) is 9.78. The number of benzene rings is 1. The Morgan fingerprint density at radius 2 is 1.61 bits per heavy atom. The molecule has 1 atom stereocenters. The minimum atomic E-state index is -0.903. The van der Waals surface area contributed by atoms with Gasteiger partial charge in [-0.1, -0.05) is 73.9 Å². The SMILES string of the molecule is O=C(NC1CCCCC1)[C@H](c1ccc(F)cc1)N(C(=O)c1nsc(Cl)c1Cl)C1CCCCC1. The van der Waals surface area contributed by atoms with Gasteiger partial charge in [-0.3, -0.25) is 9.59 Å². The van der Waals surface area contributed by atoms with Crippen molar-refractivity contribution in [3.8, 4) is 0 Å². The molecule has 1 N–H and O–H groups in total. The van der Waals surface area contributed by atoms with Gasteiger partial charge in [-0.05, 0) is 54.9 Å². The van der Waals surface area contributed by atoms with Crippen LogP contribution in [0.5, 0.6) is 0 Å². The Kier molecular flexibility index (Phi) is 8.25. The molecule has 2 amide bonds. The zero-order valence-electron chi connectivity index (χ0n) is 18.4. The van der Waals surface area contributed by atoms with E-state index >= 15 is 0 Å². The summed E-state index contributed by atoms with van der Waals surface area (Å²) in [7, 11) is 0. The largest absolute Gasteiger partial charge is 0.351 e. The first-order chi connectivity index (χ1) is 16.0. The summed E-state index contributed by atoms with van der Waals surface area (Å²) < 4.78 is 18.2. The van der Waals surface area contributed by atoms with Gasteiger partial charge in [0.15, 0.2) is 5.69 Å². The molecular weight excluding hydrogens is 484 g/mol. The molecule has 0 aliphatic heterocycles. The van der Waals surface area contributed by atoms with Crippen LogP contribution < -0.4 is 5.32 Å². The minimum absolute atomic E-state index is 0.0646. The Morgan fingerprint density at radius 1 is 1.00 bits per heavy atom. The normalized spacial score (nSPS) is 18.6. The van der Waals surface area contributed by atoms with E-state index in [0.717, 1.165) is 69.3 Å². The van der Waals surface area contributed by atoms with Crippen LogP contribution in [0.25, 0.3) is 0 Å². The second-order valence-corrected chi connectivity index (χ2v) is 10.7. The summed E-state index contributed by atoms with van der Waals surface area (Å²) >= 11 is 13.4. The van der Waals surface area contributed by atoms with Crippen molar-refractivity contribution in [2.45, 2.75) is 82.3 Å². The van der Waals surface area contributed by atoms with Crippen LogP contribution in [0, 0.1) is 5.82 Å². The molecule has 2 aliphatic rings. The molecule has 5 nitrogen and oxygen atoms in total. The molecule has 2 fully saturated rings. The van der Waals surface area contributed by atoms with Crippen LogP contribution in [0.4, 0.5) is 4.39 Å². The number of hydrogen-bond acceptors (Lipinski definition) is 4. The monoisotopic (exact) mass is 511 g/mol. The Balaban J connectivity index is 1.74. The van der Waals surface area contributed by atoms with Crippen molar-refractivity contribution < 1.29 is 14.0 Å². The molecule has 9 heteroatoms.